The van der Waals surface area contributed by atoms with Crippen molar-refractivity contribution < 1.29 is 14.7 Å². The maximum absolute atomic E-state index is 12.2. The van der Waals surface area contributed by atoms with Gasteiger partial charge in [-0.05, 0) is 39.3 Å². The Morgan fingerprint density at radius 2 is 2.00 bits per heavy atom. The maximum Gasteiger partial charge on any atom is 0.326 e. The SMILES string of the molecule is CCC[C@H](NC(=O)N(CC)C1CCNCC1)C(=O)O. The zero-order chi connectivity index (χ0) is 14.3. The van der Waals surface area contributed by atoms with Gasteiger partial charge in [0.25, 0.3) is 0 Å². The van der Waals surface area contributed by atoms with Gasteiger partial charge in [-0.2, -0.15) is 0 Å². The molecule has 3 N–H and O–H groups in total. The molecule has 0 aliphatic carbocycles. The molecule has 2 amide bonds. The summed E-state index contributed by atoms with van der Waals surface area (Å²) in [5.41, 5.74) is 0. The van der Waals surface area contributed by atoms with Crippen LogP contribution in [-0.2, 0) is 4.79 Å². The van der Waals surface area contributed by atoms with Crippen LogP contribution in [0.2, 0.25) is 0 Å². The van der Waals surface area contributed by atoms with Crippen molar-refractivity contribution >= 4 is 12.0 Å². The molecule has 1 atom stereocenters. The highest BCUT2D eigenvalue weighted by atomic mass is 16.4. The van der Waals surface area contributed by atoms with Gasteiger partial charge >= 0.3 is 12.0 Å². The van der Waals surface area contributed by atoms with Crippen LogP contribution in [0.5, 0.6) is 0 Å². The summed E-state index contributed by atoms with van der Waals surface area (Å²) < 4.78 is 0. The van der Waals surface area contributed by atoms with E-state index in [1.165, 1.54) is 0 Å². The molecule has 1 rings (SSSR count). The smallest absolute Gasteiger partial charge is 0.326 e. The number of carbonyl (C=O) groups is 2. The first-order valence-electron chi connectivity index (χ1n) is 7.10. The number of amides is 2. The van der Waals surface area contributed by atoms with Crippen molar-refractivity contribution in [2.75, 3.05) is 19.6 Å². The van der Waals surface area contributed by atoms with Crippen LogP contribution in [0.25, 0.3) is 0 Å². The van der Waals surface area contributed by atoms with E-state index >= 15 is 0 Å². The molecule has 1 fully saturated rings. The summed E-state index contributed by atoms with van der Waals surface area (Å²) in [5, 5.41) is 15.0. The summed E-state index contributed by atoms with van der Waals surface area (Å²) in [6.45, 7) is 6.26. The van der Waals surface area contributed by atoms with Crippen molar-refractivity contribution in [2.45, 2.75) is 51.6 Å². The average Bonchev–Trinajstić information content (AvgIpc) is 2.40. The molecule has 1 aliphatic rings. The van der Waals surface area contributed by atoms with Gasteiger partial charge in [-0.1, -0.05) is 13.3 Å². The van der Waals surface area contributed by atoms with Crippen LogP contribution in [0.4, 0.5) is 4.79 Å². The number of hydrogen-bond donors (Lipinski definition) is 3. The lowest BCUT2D eigenvalue weighted by atomic mass is 10.1. The Hall–Kier alpha value is -1.30. The van der Waals surface area contributed by atoms with Gasteiger partial charge in [0.1, 0.15) is 6.04 Å². The van der Waals surface area contributed by atoms with Crippen LogP contribution in [-0.4, -0.2) is 53.7 Å². The molecule has 1 saturated heterocycles. The second kappa shape index (κ2) is 7.99. The molecular weight excluding hydrogens is 246 g/mol. The lowest BCUT2D eigenvalue weighted by Crippen LogP contribution is -2.53. The Balaban J connectivity index is 2.58. The van der Waals surface area contributed by atoms with Crippen LogP contribution in [0.3, 0.4) is 0 Å². The van der Waals surface area contributed by atoms with Crippen molar-refractivity contribution in [3.05, 3.63) is 0 Å². The predicted molar refractivity (Wildman–Crippen MR) is 73.1 cm³/mol. The first-order valence-corrected chi connectivity index (χ1v) is 7.10. The van der Waals surface area contributed by atoms with Crippen molar-refractivity contribution in [3.63, 3.8) is 0 Å². The van der Waals surface area contributed by atoms with Crippen molar-refractivity contribution in [1.29, 1.82) is 0 Å². The topological polar surface area (TPSA) is 81.7 Å². The maximum atomic E-state index is 12.2. The van der Waals surface area contributed by atoms with E-state index in [-0.39, 0.29) is 12.1 Å². The van der Waals surface area contributed by atoms with E-state index in [2.05, 4.69) is 10.6 Å². The third-order valence-corrected chi connectivity index (χ3v) is 3.52. The molecule has 110 valence electrons. The standard InChI is InChI=1S/C13H25N3O3/c1-3-5-11(12(17)18)15-13(19)16(4-2)10-6-8-14-9-7-10/h10-11,14H,3-9H2,1-2H3,(H,15,19)(H,17,18)/t11-/m0/s1. The number of aliphatic carboxylic acids is 1. The average molecular weight is 271 g/mol. The molecule has 0 spiro atoms. The van der Waals surface area contributed by atoms with E-state index in [0.29, 0.717) is 13.0 Å². The van der Waals surface area contributed by atoms with Crippen LogP contribution in [0.15, 0.2) is 0 Å². The number of hydrogen-bond acceptors (Lipinski definition) is 3. The highest BCUT2D eigenvalue weighted by Crippen LogP contribution is 2.12. The number of nitrogens with zero attached hydrogens (tertiary/aromatic N) is 1. The minimum atomic E-state index is -0.962. The second-order valence-corrected chi connectivity index (χ2v) is 4.90. The fourth-order valence-corrected chi connectivity index (χ4v) is 2.46. The summed E-state index contributed by atoms with van der Waals surface area (Å²) in [6.07, 6.45) is 3.04. The molecule has 6 nitrogen and oxygen atoms in total. The highest BCUT2D eigenvalue weighted by Gasteiger charge is 2.27. The molecule has 0 saturated carbocycles. The molecule has 0 aromatic heterocycles. The molecule has 0 aromatic rings. The van der Waals surface area contributed by atoms with Gasteiger partial charge in [0.2, 0.25) is 0 Å². The van der Waals surface area contributed by atoms with Crippen molar-refractivity contribution in [1.82, 2.24) is 15.5 Å². The number of carboxylic acid groups (broad SMARTS) is 1. The number of urea groups is 1. The number of nitrogens with one attached hydrogen (secondary N) is 2. The van der Waals surface area contributed by atoms with Gasteiger partial charge in [0, 0.05) is 12.6 Å². The van der Waals surface area contributed by atoms with E-state index in [1.807, 2.05) is 13.8 Å². The Labute approximate surface area is 114 Å². The lowest BCUT2D eigenvalue weighted by Gasteiger charge is -2.34. The Kier molecular flexibility index (Phi) is 6.62. The van der Waals surface area contributed by atoms with Gasteiger partial charge < -0.3 is 20.6 Å². The zero-order valence-electron chi connectivity index (χ0n) is 11.8. The minimum absolute atomic E-state index is 0.210. The Bertz CT molecular complexity index is 304. The first-order chi connectivity index (χ1) is 9.10. The summed E-state index contributed by atoms with van der Waals surface area (Å²) in [7, 11) is 0. The molecule has 0 unspecified atom stereocenters. The van der Waals surface area contributed by atoms with Gasteiger partial charge in [0.15, 0.2) is 0 Å². The number of carboxylic acids is 1. The van der Waals surface area contributed by atoms with Crippen LogP contribution in [0, 0.1) is 0 Å². The Morgan fingerprint density at radius 1 is 1.37 bits per heavy atom. The largest absolute Gasteiger partial charge is 0.480 e. The third-order valence-electron chi connectivity index (χ3n) is 3.52. The fourth-order valence-electron chi connectivity index (χ4n) is 2.46. The molecular formula is C13H25N3O3. The number of carbonyl (C=O) groups excluding carboxylic acids is 1. The Morgan fingerprint density at radius 3 is 2.47 bits per heavy atom. The van der Waals surface area contributed by atoms with E-state index in [9.17, 15) is 9.59 Å². The molecule has 6 heteroatoms. The van der Waals surface area contributed by atoms with Crippen molar-refractivity contribution in [3.8, 4) is 0 Å². The van der Waals surface area contributed by atoms with E-state index in [0.717, 1.165) is 32.4 Å². The van der Waals surface area contributed by atoms with Crippen molar-refractivity contribution in [2.24, 2.45) is 0 Å². The third kappa shape index (κ3) is 4.70. The molecule has 1 heterocycles. The summed E-state index contributed by atoms with van der Waals surface area (Å²) >= 11 is 0. The number of rotatable bonds is 6. The second-order valence-electron chi connectivity index (χ2n) is 4.90. The monoisotopic (exact) mass is 271 g/mol. The zero-order valence-corrected chi connectivity index (χ0v) is 11.8. The summed E-state index contributed by atoms with van der Waals surface area (Å²) in [5.74, 6) is -0.962. The number of piperidine rings is 1. The van der Waals surface area contributed by atoms with E-state index in [4.69, 9.17) is 5.11 Å². The lowest BCUT2D eigenvalue weighted by molar-refractivity contribution is -0.139. The minimum Gasteiger partial charge on any atom is -0.480 e. The van der Waals surface area contributed by atoms with Crippen LogP contribution < -0.4 is 10.6 Å². The first kappa shape index (κ1) is 15.8. The quantitative estimate of drug-likeness (QED) is 0.674. The summed E-state index contributed by atoms with van der Waals surface area (Å²) in [6, 6.07) is -0.828. The molecule has 19 heavy (non-hydrogen) atoms. The van der Waals surface area contributed by atoms with Gasteiger partial charge in [-0.25, -0.2) is 9.59 Å². The molecule has 1 aliphatic heterocycles. The normalized spacial score (nSPS) is 17.8. The molecule has 0 aromatic carbocycles. The van der Waals surface area contributed by atoms with E-state index in [1.54, 1.807) is 4.90 Å². The summed E-state index contributed by atoms with van der Waals surface area (Å²) in [4.78, 5) is 25.0. The van der Waals surface area contributed by atoms with Crippen LogP contribution in [0.1, 0.15) is 39.5 Å². The molecule has 0 bridgehead atoms. The van der Waals surface area contributed by atoms with Gasteiger partial charge in [0.05, 0.1) is 0 Å². The van der Waals surface area contributed by atoms with Gasteiger partial charge in [-0.15, -0.1) is 0 Å². The fraction of sp³-hybridized carbons (Fsp3) is 0.846. The molecule has 0 radical (unpaired) electrons. The predicted octanol–water partition coefficient (Wildman–Crippen LogP) is 1.02. The van der Waals surface area contributed by atoms with Gasteiger partial charge in [-0.3, -0.25) is 0 Å². The van der Waals surface area contributed by atoms with Crippen LogP contribution >= 0.6 is 0 Å². The van der Waals surface area contributed by atoms with E-state index < -0.39 is 12.0 Å². The highest BCUT2D eigenvalue weighted by molar-refractivity contribution is 5.82.